The highest BCUT2D eigenvalue weighted by Gasteiger charge is 2.08. The molecule has 0 saturated carbocycles. The van der Waals surface area contributed by atoms with Gasteiger partial charge in [0.05, 0.1) is 17.6 Å². The number of hydrogen-bond acceptors (Lipinski definition) is 2. The van der Waals surface area contributed by atoms with Gasteiger partial charge in [-0.2, -0.15) is 5.10 Å². The van der Waals surface area contributed by atoms with Gasteiger partial charge in [-0.1, -0.05) is 17.2 Å². The smallest absolute Gasteiger partial charge is 0.0908 e. The minimum absolute atomic E-state index is 0.725. The van der Waals surface area contributed by atoms with Crippen LogP contribution in [0.15, 0.2) is 24.4 Å². The summed E-state index contributed by atoms with van der Waals surface area (Å²) in [5, 5.41) is 4.14. The molecule has 0 saturated heterocycles. The number of rotatable bonds is 1. The average molecular weight is 201 g/mol. The molecule has 2 aromatic rings. The van der Waals surface area contributed by atoms with Gasteiger partial charge in [0.1, 0.15) is 0 Å². The van der Waals surface area contributed by atoms with Crippen molar-refractivity contribution in [2.24, 2.45) is 7.05 Å². The van der Waals surface area contributed by atoms with Crippen molar-refractivity contribution in [1.29, 1.82) is 0 Å². The summed E-state index contributed by atoms with van der Waals surface area (Å²) in [6.45, 7) is 4.17. The summed E-state index contributed by atoms with van der Waals surface area (Å²) in [7, 11) is 1.91. The molecule has 3 heteroatoms. The van der Waals surface area contributed by atoms with Gasteiger partial charge in [0.2, 0.25) is 0 Å². The van der Waals surface area contributed by atoms with Crippen LogP contribution in [0.1, 0.15) is 11.1 Å². The van der Waals surface area contributed by atoms with Gasteiger partial charge in [0, 0.05) is 12.6 Å². The number of anilines is 1. The molecule has 0 radical (unpaired) electrons. The Morgan fingerprint density at radius 2 is 1.73 bits per heavy atom. The summed E-state index contributed by atoms with van der Waals surface area (Å²) in [6, 6.07) is 6.40. The van der Waals surface area contributed by atoms with Crippen LogP contribution in [0.5, 0.6) is 0 Å². The van der Waals surface area contributed by atoms with Gasteiger partial charge in [-0.3, -0.25) is 4.68 Å². The fourth-order valence-corrected chi connectivity index (χ4v) is 1.92. The molecule has 15 heavy (non-hydrogen) atoms. The number of nitrogen functional groups attached to an aromatic ring is 1. The fraction of sp³-hybridized carbons (Fsp3) is 0.250. The number of aryl methyl sites for hydroxylation is 3. The van der Waals surface area contributed by atoms with Crippen molar-refractivity contribution in [3.63, 3.8) is 0 Å². The highest BCUT2D eigenvalue weighted by atomic mass is 15.3. The lowest BCUT2D eigenvalue weighted by Gasteiger charge is -2.06. The largest absolute Gasteiger partial charge is 0.396 e. The molecule has 0 atom stereocenters. The summed E-state index contributed by atoms with van der Waals surface area (Å²) in [4.78, 5) is 0. The molecule has 0 aliphatic heterocycles. The molecule has 0 bridgehead atoms. The van der Waals surface area contributed by atoms with Crippen LogP contribution in [0, 0.1) is 13.8 Å². The molecule has 0 aliphatic rings. The maximum Gasteiger partial charge on any atom is 0.0908 e. The standard InChI is InChI=1S/C12H15N3/c1-8-4-9(2)6-10(5-8)12-11(13)7-14-15(12)3/h4-7H,13H2,1-3H3. The van der Waals surface area contributed by atoms with Crippen LogP contribution < -0.4 is 5.73 Å². The Bertz CT molecular complexity index is 458. The Kier molecular flexibility index (Phi) is 2.23. The van der Waals surface area contributed by atoms with Crippen LogP contribution in [0.3, 0.4) is 0 Å². The highest BCUT2D eigenvalue weighted by molar-refractivity contribution is 5.73. The van der Waals surface area contributed by atoms with Crippen molar-refractivity contribution in [2.75, 3.05) is 5.73 Å². The Hall–Kier alpha value is -1.77. The van der Waals surface area contributed by atoms with E-state index in [1.807, 2.05) is 11.7 Å². The molecule has 0 aliphatic carbocycles. The summed E-state index contributed by atoms with van der Waals surface area (Å²) < 4.78 is 1.81. The van der Waals surface area contributed by atoms with Gasteiger partial charge in [-0.25, -0.2) is 0 Å². The van der Waals surface area contributed by atoms with Crippen molar-refractivity contribution in [3.05, 3.63) is 35.5 Å². The maximum absolute atomic E-state index is 5.89. The number of nitrogens with zero attached hydrogens (tertiary/aromatic N) is 2. The molecular weight excluding hydrogens is 186 g/mol. The minimum atomic E-state index is 0.725. The lowest BCUT2D eigenvalue weighted by atomic mass is 10.0. The molecule has 0 unspecified atom stereocenters. The third-order valence-corrected chi connectivity index (χ3v) is 2.46. The molecule has 0 fully saturated rings. The van der Waals surface area contributed by atoms with Crippen molar-refractivity contribution >= 4 is 5.69 Å². The van der Waals surface area contributed by atoms with Gasteiger partial charge in [0.25, 0.3) is 0 Å². The summed E-state index contributed by atoms with van der Waals surface area (Å²) in [5.74, 6) is 0. The first-order valence-corrected chi connectivity index (χ1v) is 4.94. The van der Waals surface area contributed by atoms with E-state index in [1.54, 1.807) is 6.20 Å². The Morgan fingerprint density at radius 3 is 2.20 bits per heavy atom. The minimum Gasteiger partial charge on any atom is -0.396 e. The molecule has 0 amide bonds. The zero-order chi connectivity index (χ0) is 11.0. The molecule has 78 valence electrons. The number of aromatic nitrogens is 2. The molecule has 3 nitrogen and oxygen atoms in total. The van der Waals surface area contributed by atoms with Crippen LogP contribution in [0.2, 0.25) is 0 Å². The zero-order valence-electron chi connectivity index (χ0n) is 9.28. The maximum atomic E-state index is 5.89. The predicted molar refractivity (Wildman–Crippen MR) is 62.5 cm³/mol. The molecule has 0 spiro atoms. The third-order valence-electron chi connectivity index (χ3n) is 2.46. The number of hydrogen-bond donors (Lipinski definition) is 1. The van der Waals surface area contributed by atoms with Crippen molar-refractivity contribution in [2.45, 2.75) is 13.8 Å². The molecule has 2 rings (SSSR count). The quantitative estimate of drug-likeness (QED) is 0.769. The van der Waals surface area contributed by atoms with Gasteiger partial charge in [-0.15, -0.1) is 0 Å². The zero-order valence-corrected chi connectivity index (χ0v) is 9.28. The SMILES string of the molecule is Cc1cc(C)cc(-c2c(N)cnn2C)c1. The second-order valence-electron chi connectivity index (χ2n) is 3.95. The van der Waals surface area contributed by atoms with Crippen LogP contribution in [0.4, 0.5) is 5.69 Å². The number of benzene rings is 1. The van der Waals surface area contributed by atoms with E-state index in [1.165, 1.54) is 11.1 Å². The topological polar surface area (TPSA) is 43.8 Å². The van der Waals surface area contributed by atoms with Crippen LogP contribution in [-0.4, -0.2) is 9.78 Å². The monoisotopic (exact) mass is 201 g/mol. The second kappa shape index (κ2) is 3.42. The first-order chi connectivity index (χ1) is 7.08. The molecular formula is C12H15N3. The van der Waals surface area contributed by atoms with E-state index >= 15 is 0 Å². The number of nitrogens with two attached hydrogens (primary N) is 1. The van der Waals surface area contributed by atoms with Crippen molar-refractivity contribution in [1.82, 2.24) is 9.78 Å². The first-order valence-electron chi connectivity index (χ1n) is 4.94. The molecule has 1 aromatic heterocycles. The third kappa shape index (κ3) is 1.73. The molecule has 1 heterocycles. The van der Waals surface area contributed by atoms with E-state index in [4.69, 9.17) is 5.73 Å². The Morgan fingerprint density at radius 1 is 1.13 bits per heavy atom. The highest BCUT2D eigenvalue weighted by Crippen LogP contribution is 2.26. The first kappa shape index (κ1) is 9.77. The molecule has 2 N–H and O–H groups in total. The van der Waals surface area contributed by atoms with E-state index in [0.29, 0.717) is 0 Å². The van der Waals surface area contributed by atoms with Gasteiger partial charge >= 0.3 is 0 Å². The summed E-state index contributed by atoms with van der Waals surface area (Å²) in [5.41, 5.74) is 11.2. The predicted octanol–water partition coefficient (Wildman–Crippen LogP) is 2.29. The van der Waals surface area contributed by atoms with Crippen LogP contribution in [0.25, 0.3) is 11.3 Å². The van der Waals surface area contributed by atoms with Crippen molar-refractivity contribution < 1.29 is 0 Å². The van der Waals surface area contributed by atoms with Crippen LogP contribution >= 0.6 is 0 Å². The van der Waals surface area contributed by atoms with E-state index in [-0.39, 0.29) is 0 Å². The van der Waals surface area contributed by atoms with Gasteiger partial charge in [0.15, 0.2) is 0 Å². The summed E-state index contributed by atoms with van der Waals surface area (Å²) >= 11 is 0. The fourth-order valence-electron chi connectivity index (χ4n) is 1.92. The summed E-state index contributed by atoms with van der Waals surface area (Å²) in [6.07, 6.45) is 1.69. The second-order valence-corrected chi connectivity index (χ2v) is 3.95. The van der Waals surface area contributed by atoms with E-state index in [0.717, 1.165) is 16.9 Å². The lowest BCUT2D eigenvalue weighted by Crippen LogP contribution is -1.96. The van der Waals surface area contributed by atoms with E-state index in [9.17, 15) is 0 Å². The Labute approximate surface area is 89.5 Å². The molecule has 1 aromatic carbocycles. The Balaban J connectivity index is 2.63. The van der Waals surface area contributed by atoms with Crippen molar-refractivity contribution in [3.8, 4) is 11.3 Å². The van der Waals surface area contributed by atoms with Crippen LogP contribution in [-0.2, 0) is 7.05 Å². The normalized spacial score (nSPS) is 10.6. The van der Waals surface area contributed by atoms with Gasteiger partial charge < -0.3 is 5.73 Å². The van der Waals surface area contributed by atoms with Gasteiger partial charge in [-0.05, 0) is 26.0 Å². The lowest BCUT2D eigenvalue weighted by molar-refractivity contribution is 0.776. The van der Waals surface area contributed by atoms with E-state index < -0.39 is 0 Å². The average Bonchev–Trinajstić information content (AvgIpc) is 2.44. The van der Waals surface area contributed by atoms with E-state index in [2.05, 4.69) is 37.1 Å².